The number of aromatic nitrogens is 1. The van der Waals surface area contributed by atoms with Crippen molar-refractivity contribution in [2.24, 2.45) is 0 Å². The van der Waals surface area contributed by atoms with Gasteiger partial charge in [-0.15, -0.1) is 0 Å². The molecule has 1 atom stereocenters. The molecule has 1 aromatic carbocycles. The van der Waals surface area contributed by atoms with Crippen molar-refractivity contribution >= 4 is 16.0 Å². The standard InChI is InChI=1S/C15H15FN2O4S/c1-10-5-4-6-11(17-10)9-13(15(19)20)18-23(21,22)14-8-3-2-7-12(14)16/h2-8,13,18H,9H2,1H3,(H,19,20). The fourth-order valence-corrected chi connectivity index (χ4v) is 3.28. The Kier molecular flexibility index (Phi) is 5.07. The molecule has 1 unspecified atom stereocenters. The average molecular weight is 338 g/mol. The highest BCUT2D eigenvalue weighted by molar-refractivity contribution is 7.89. The summed E-state index contributed by atoms with van der Waals surface area (Å²) in [7, 11) is -4.30. The fourth-order valence-electron chi connectivity index (χ4n) is 2.02. The van der Waals surface area contributed by atoms with E-state index in [0.717, 1.165) is 12.1 Å². The number of benzene rings is 1. The van der Waals surface area contributed by atoms with Crippen molar-refractivity contribution in [3.05, 3.63) is 59.7 Å². The number of hydrogen-bond acceptors (Lipinski definition) is 4. The molecule has 0 aliphatic heterocycles. The number of nitrogens with one attached hydrogen (secondary N) is 1. The second-order valence-electron chi connectivity index (χ2n) is 4.92. The number of carbonyl (C=O) groups is 1. The Morgan fingerprint density at radius 3 is 2.57 bits per heavy atom. The number of hydrogen-bond donors (Lipinski definition) is 2. The summed E-state index contributed by atoms with van der Waals surface area (Å²) >= 11 is 0. The van der Waals surface area contributed by atoms with Gasteiger partial charge in [-0.3, -0.25) is 9.78 Å². The third-order valence-corrected chi connectivity index (χ3v) is 4.59. The molecule has 0 aliphatic carbocycles. The molecule has 0 saturated carbocycles. The number of aryl methyl sites for hydroxylation is 1. The van der Waals surface area contributed by atoms with Crippen molar-refractivity contribution in [2.45, 2.75) is 24.3 Å². The van der Waals surface area contributed by atoms with Crippen molar-refractivity contribution in [2.75, 3.05) is 0 Å². The summed E-state index contributed by atoms with van der Waals surface area (Å²) in [5, 5.41) is 9.23. The highest BCUT2D eigenvalue weighted by atomic mass is 32.2. The van der Waals surface area contributed by atoms with Gasteiger partial charge in [-0.2, -0.15) is 4.72 Å². The first-order chi connectivity index (χ1) is 10.8. The zero-order valence-corrected chi connectivity index (χ0v) is 13.0. The Labute approximate surface area is 133 Å². The largest absolute Gasteiger partial charge is 0.480 e. The van der Waals surface area contributed by atoms with Crippen LogP contribution in [0.4, 0.5) is 4.39 Å². The maximum atomic E-state index is 13.6. The predicted molar refractivity (Wildman–Crippen MR) is 80.8 cm³/mol. The molecule has 0 bridgehead atoms. The van der Waals surface area contributed by atoms with Gasteiger partial charge in [-0.05, 0) is 31.2 Å². The van der Waals surface area contributed by atoms with Crippen molar-refractivity contribution in [3.8, 4) is 0 Å². The van der Waals surface area contributed by atoms with Gasteiger partial charge < -0.3 is 5.11 Å². The first-order valence-electron chi connectivity index (χ1n) is 6.72. The highest BCUT2D eigenvalue weighted by Gasteiger charge is 2.27. The molecule has 0 saturated heterocycles. The number of pyridine rings is 1. The molecule has 0 amide bonds. The minimum absolute atomic E-state index is 0.148. The van der Waals surface area contributed by atoms with Gasteiger partial charge in [0.1, 0.15) is 16.8 Å². The Hall–Kier alpha value is -2.32. The zero-order chi connectivity index (χ0) is 17.0. The van der Waals surface area contributed by atoms with E-state index in [-0.39, 0.29) is 6.42 Å². The van der Waals surface area contributed by atoms with Crippen LogP contribution in [0.2, 0.25) is 0 Å². The fraction of sp³-hybridized carbons (Fsp3) is 0.200. The van der Waals surface area contributed by atoms with Crippen molar-refractivity contribution in [3.63, 3.8) is 0 Å². The molecule has 0 fully saturated rings. The van der Waals surface area contributed by atoms with E-state index >= 15 is 0 Å². The van der Waals surface area contributed by atoms with Gasteiger partial charge in [0, 0.05) is 17.8 Å². The minimum Gasteiger partial charge on any atom is -0.480 e. The second-order valence-corrected chi connectivity index (χ2v) is 6.60. The monoisotopic (exact) mass is 338 g/mol. The summed E-state index contributed by atoms with van der Waals surface area (Å²) in [5.74, 6) is -2.31. The van der Waals surface area contributed by atoms with Gasteiger partial charge >= 0.3 is 5.97 Å². The van der Waals surface area contributed by atoms with E-state index < -0.39 is 32.7 Å². The van der Waals surface area contributed by atoms with Crippen LogP contribution in [0.25, 0.3) is 0 Å². The highest BCUT2D eigenvalue weighted by Crippen LogP contribution is 2.14. The molecule has 1 aromatic heterocycles. The lowest BCUT2D eigenvalue weighted by molar-refractivity contribution is -0.138. The summed E-state index contributed by atoms with van der Waals surface area (Å²) < 4.78 is 40.0. The first-order valence-corrected chi connectivity index (χ1v) is 8.20. The van der Waals surface area contributed by atoms with Crippen LogP contribution < -0.4 is 4.72 Å². The smallest absolute Gasteiger partial charge is 0.322 e. The van der Waals surface area contributed by atoms with Crippen LogP contribution in [0.1, 0.15) is 11.4 Å². The van der Waals surface area contributed by atoms with Crippen LogP contribution in [-0.4, -0.2) is 30.5 Å². The molecule has 6 nitrogen and oxygen atoms in total. The topological polar surface area (TPSA) is 96.4 Å². The van der Waals surface area contributed by atoms with Gasteiger partial charge in [-0.1, -0.05) is 18.2 Å². The number of carboxylic acids is 1. The number of halogens is 1. The Morgan fingerprint density at radius 2 is 1.96 bits per heavy atom. The molecule has 23 heavy (non-hydrogen) atoms. The molecule has 2 N–H and O–H groups in total. The molecule has 0 spiro atoms. The molecule has 1 heterocycles. The summed E-state index contributed by atoms with van der Waals surface area (Å²) in [6.45, 7) is 1.74. The van der Waals surface area contributed by atoms with Crippen molar-refractivity contribution < 1.29 is 22.7 Å². The molecule has 2 rings (SSSR count). The quantitative estimate of drug-likeness (QED) is 0.832. The van der Waals surface area contributed by atoms with E-state index in [2.05, 4.69) is 4.98 Å². The SMILES string of the molecule is Cc1cccc(CC(NS(=O)(=O)c2ccccc2F)C(=O)O)n1. The number of nitrogens with zero attached hydrogens (tertiary/aromatic N) is 1. The van der Waals surface area contributed by atoms with Gasteiger partial charge in [0.25, 0.3) is 0 Å². The molecule has 0 aliphatic rings. The number of sulfonamides is 1. The zero-order valence-electron chi connectivity index (χ0n) is 12.2. The van der Waals surface area contributed by atoms with Crippen LogP contribution in [0.3, 0.4) is 0 Å². The predicted octanol–water partition coefficient (Wildman–Crippen LogP) is 1.50. The molecule has 2 aromatic rings. The molecular weight excluding hydrogens is 323 g/mol. The lowest BCUT2D eigenvalue weighted by atomic mass is 10.1. The second kappa shape index (κ2) is 6.84. The summed E-state index contributed by atoms with van der Waals surface area (Å²) in [6.07, 6.45) is -0.148. The van der Waals surface area contributed by atoms with Crippen LogP contribution in [0.15, 0.2) is 47.4 Å². The van der Waals surface area contributed by atoms with Gasteiger partial charge in [-0.25, -0.2) is 12.8 Å². The Balaban J connectivity index is 2.26. The molecule has 0 radical (unpaired) electrons. The van der Waals surface area contributed by atoms with E-state index in [1.165, 1.54) is 12.1 Å². The third-order valence-electron chi connectivity index (χ3n) is 3.08. The van der Waals surface area contributed by atoms with Crippen LogP contribution in [0.5, 0.6) is 0 Å². The minimum atomic E-state index is -4.30. The van der Waals surface area contributed by atoms with Gasteiger partial charge in [0.05, 0.1) is 0 Å². The number of rotatable bonds is 6. The Morgan fingerprint density at radius 1 is 1.26 bits per heavy atom. The van der Waals surface area contributed by atoms with E-state index in [1.54, 1.807) is 25.1 Å². The van der Waals surface area contributed by atoms with E-state index in [1.807, 2.05) is 4.72 Å². The summed E-state index contributed by atoms with van der Waals surface area (Å²) in [6, 6.07) is 8.35. The molecular formula is C15H15FN2O4S. The van der Waals surface area contributed by atoms with Gasteiger partial charge in [0.2, 0.25) is 10.0 Å². The maximum absolute atomic E-state index is 13.6. The Bertz CT molecular complexity index is 824. The normalized spacial score (nSPS) is 12.8. The van der Waals surface area contributed by atoms with E-state index in [0.29, 0.717) is 11.4 Å². The lowest BCUT2D eigenvalue weighted by Crippen LogP contribution is -2.42. The van der Waals surface area contributed by atoms with Crippen LogP contribution in [0, 0.1) is 12.7 Å². The van der Waals surface area contributed by atoms with Crippen LogP contribution in [-0.2, 0) is 21.2 Å². The van der Waals surface area contributed by atoms with Gasteiger partial charge in [0.15, 0.2) is 0 Å². The average Bonchev–Trinajstić information content (AvgIpc) is 2.46. The van der Waals surface area contributed by atoms with Crippen molar-refractivity contribution in [1.82, 2.24) is 9.71 Å². The molecule has 8 heteroatoms. The maximum Gasteiger partial charge on any atom is 0.322 e. The van der Waals surface area contributed by atoms with Crippen LogP contribution >= 0.6 is 0 Å². The lowest BCUT2D eigenvalue weighted by Gasteiger charge is -2.15. The first kappa shape index (κ1) is 17.0. The molecule has 122 valence electrons. The number of carboxylic acid groups (broad SMARTS) is 1. The third kappa shape index (κ3) is 4.33. The van der Waals surface area contributed by atoms with E-state index in [4.69, 9.17) is 0 Å². The van der Waals surface area contributed by atoms with E-state index in [9.17, 15) is 22.7 Å². The summed E-state index contributed by atoms with van der Waals surface area (Å²) in [5.41, 5.74) is 1.11. The van der Waals surface area contributed by atoms with Crippen molar-refractivity contribution in [1.29, 1.82) is 0 Å². The summed E-state index contributed by atoms with van der Waals surface area (Å²) in [4.78, 5) is 14.9. The number of aliphatic carboxylic acids is 1.